The number of benzene rings is 2. The Morgan fingerprint density at radius 1 is 1.14 bits per heavy atom. The molecule has 0 aliphatic heterocycles. The Morgan fingerprint density at radius 2 is 2.00 bits per heavy atom. The molecule has 108 valence electrons. The van der Waals surface area contributed by atoms with Gasteiger partial charge in [-0.2, -0.15) is 0 Å². The number of aryl methyl sites for hydroxylation is 1. The van der Waals surface area contributed by atoms with Crippen LogP contribution < -0.4 is 4.74 Å². The summed E-state index contributed by atoms with van der Waals surface area (Å²) in [5.41, 5.74) is 3.92. The molecule has 21 heavy (non-hydrogen) atoms. The molecule has 0 aromatic heterocycles. The topological polar surface area (TPSA) is 41.8 Å². The molecule has 0 spiro atoms. The van der Waals surface area contributed by atoms with Crippen LogP contribution >= 0.6 is 11.6 Å². The van der Waals surface area contributed by atoms with Crippen LogP contribution in [0, 0.1) is 0 Å². The number of ether oxygens (including phenoxy) is 1. The molecule has 4 heteroatoms. The van der Waals surface area contributed by atoms with Gasteiger partial charge in [-0.3, -0.25) is 0 Å². The summed E-state index contributed by atoms with van der Waals surface area (Å²) in [6.07, 6.45) is 2.81. The summed E-state index contributed by atoms with van der Waals surface area (Å²) < 4.78 is 5.82. The lowest BCUT2D eigenvalue weighted by Crippen LogP contribution is -2.12. The molecule has 1 aliphatic carbocycles. The van der Waals surface area contributed by atoms with Gasteiger partial charge in [0.15, 0.2) is 0 Å². The minimum Gasteiger partial charge on any atom is -0.489 e. The summed E-state index contributed by atoms with van der Waals surface area (Å²) in [5, 5.41) is 13.1. The number of hydrogen-bond acceptors (Lipinski definition) is 3. The maximum atomic E-state index is 9.03. The summed E-state index contributed by atoms with van der Waals surface area (Å²) in [4.78, 5) is 0. The molecular weight excluding hydrogens is 286 g/mol. The predicted molar refractivity (Wildman–Crippen MR) is 83.5 cm³/mol. The number of halogens is 1. The zero-order chi connectivity index (χ0) is 14.7. The maximum Gasteiger partial charge on any atom is 0.120 e. The molecule has 2 aromatic carbocycles. The second-order valence-electron chi connectivity index (χ2n) is 5.10. The Kier molecular flexibility index (Phi) is 4.11. The molecule has 1 aliphatic rings. The van der Waals surface area contributed by atoms with Crippen LogP contribution in [0.1, 0.15) is 29.5 Å². The van der Waals surface area contributed by atoms with E-state index in [1.165, 1.54) is 5.56 Å². The van der Waals surface area contributed by atoms with Crippen LogP contribution in [0.25, 0.3) is 0 Å². The number of fused-ring (bicyclic) bond motifs is 1. The number of oxime groups is 1. The largest absolute Gasteiger partial charge is 0.489 e. The lowest BCUT2D eigenvalue weighted by molar-refractivity contribution is 0.305. The van der Waals surface area contributed by atoms with Crippen molar-refractivity contribution in [3.63, 3.8) is 0 Å². The first kappa shape index (κ1) is 14.0. The molecule has 1 N–H and O–H groups in total. The van der Waals surface area contributed by atoms with Gasteiger partial charge < -0.3 is 9.94 Å². The average molecular weight is 302 g/mol. The van der Waals surface area contributed by atoms with Gasteiger partial charge in [-0.25, -0.2) is 0 Å². The Bertz CT molecular complexity index is 682. The van der Waals surface area contributed by atoms with E-state index in [1.807, 2.05) is 42.5 Å². The van der Waals surface area contributed by atoms with E-state index in [0.717, 1.165) is 41.9 Å². The van der Waals surface area contributed by atoms with E-state index in [4.69, 9.17) is 21.5 Å². The van der Waals surface area contributed by atoms with Gasteiger partial charge in [-0.05, 0) is 49.1 Å². The van der Waals surface area contributed by atoms with Crippen molar-refractivity contribution in [2.45, 2.75) is 25.9 Å². The summed E-state index contributed by atoms with van der Waals surface area (Å²) in [7, 11) is 0. The SMILES string of the molecule is ON=C1CCCc2cc(OCc3ccccc3Cl)ccc21. The van der Waals surface area contributed by atoms with Crippen LogP contribution in [-0.4, -0.2) is 10.9 Å². The fourth-order valence-electron chi connectivity index (χ4n) is 2.61. The van der Waals surface area contributed by atoms with Gasteiger partial charge in [0, 0.05) is 16.1 Å². The maximum absolute atomic E-state index is 9.03. The standard InChI is InChI=1S/C17H16ClNO2/c18-16-6-2-1-4-13(16)11-21-14-8-9-15-12(10-14)5-3-7-17(15)19-20/h1-2,4,6,8-10,20H,3,5,7,11H2. The molecule has 3 nitrogen and oxygen atoms in total. The Hall–Kier alpha value is -2.00. The summed E-state index contributed by atoms with van der Waals surface area (Å²) in [6, 6.07) is 13.6. The van der Waals surface area contributed by atoms with Crippen LogP contribution in [0.15, 0.2) is 47.6 Å². The lowest BCUT2D eigenvalue weighted by atomic mass is 9.90. The smallest absolute Gasteiger partial charge is 0.120 e. The normalized spacial score (nSPS) is 15.8. The van der Waals surface area contributed by atoms with Gasteiger partial charge in [0.1, 0.15) is 12.4 Å². The van der Waals surface area contributed by atoms with Crippen molar-refractivity contribution in [3.05, 3.63) is 64.2 Å². The van der Waals surface area contributed by atoms with E-state index in [-0.39, 0.29) is 0 Å². The Labute approximate surface area is 128 Å². The highest BCUT2D eigenvalue weighted by Crippen LogP contribution is 2.27. The van der Waals surface area contributed by atoms with Gasteiger partial charge in [0.25, 0.3) is 0 Å². The van der Waals surface area contributed by atoms with Gasteiger partial charge >= 0.3 is 0 Å². The first-order chi connectivity index (χ1) is 10.3. The number of rotatable bonds is 3. The highest BCUT2D eigenvalue weighted by molar-refractivity contribution is 6.31. The molecule has 0 amide bonds. The van der Waals surface area contributed by atoms with Crippen LogP contribution in [0.2, 0.25) is 5.02 Å². The third kappa shape index (κ3) is 3.03. The second kappa shape index (κ2) is 6.19. The fourth-order valence-corrected chi connectivity index (χ4v) is 2.80. The average Bonchev–Trinajstić information content (AvgIpc) is 2.53. The monoisotopic (exact) mass is 301 g/mol. The van der Waals surface area contributed by atoms with Crippen LogP contribution in [0.5, 0.6) is 5.75 Å². The minimum absolute atomic E-state index is 0.444. The fraction of sp³-hybridized carbons (Fsp3) is 0.235. The molecule has 0 heterocycles. The number of hydrogen-bond donors (Lipinski definition) is 1. The molecule has 0 fully saturated rings. The third-order valence-corrected chi connectivity index (χ3v) is 4.09. The van der Waals surface area contributed by atoms with Crippen molar-refractivity contribution in [2.75, 3.05) is 0 Å². The zero-order valence-electron chi connectivity index (χ0n) is 11.6. The Balaban J connectivity index is 1.77. The van der Waals surface area contributed by atoms with E-state index < -0.39 is 0 Å². The quantitative estimate of drug-likeness (QED) is 0.673. The van der Waals surface area contributed by atoms with E-state index in [0.29, 0.717) is 11.6 Å². The van der Waals surface area contributed by atoms with Crippen LogP contribution in [0.3, 0.4) is 0 Å². The first-order valence-corrected chi connectivity index (χ1v) is 7.36. The van der Waals surface area contributed by atoms with Crippen molar-refractivity contribution < 1.29 is 9.94 Å². The van der Waals surface area contributed by atoms with Crippen molar-refractivity contribution in [3.8, 4) is 5.75 Å². The first-order valence-electron chi connectivity index (χ1n) is 6.98. The molecule has 3 rings (SSSR count). The Morgan fingerprint density at radius 3 is 2.81 bits per heavy atom. The second-order valence-corrected chi connectivity index (χ2v) is 5.51. The molecule has 0 saturated carbocycles. The third-order valence-electron chi connectivity index (χ3n) is 3.72. The predicted octanol–water partition coefficient (Wildman–Crippen LogP) is 4.43. The van der Waals surface area contributed by atoms with E-state index in [2.05, 4.69) is 5.16 Å². The molecule has 0 radical (unpaired) electrons. The highest BCUT2D eigenvalue weighted by Gasteiger charge is 2.16. The highest BCUT2D eigenvalue weighted by atomic mass is 35.5. The summed E-state index contributed by atoms with van der Waals surface area (Å²) >= 11 is 6.12. The number of nitrogens with zero attached hydrogens (tertiary/aromatic N) is 1. The minimum atomic E-state index is 0.444. The molecule has 0 unspecified atom stereocenters. The lowest BCUT2D eigenvalue weighted by Gasteiger charge is -2.18. The van der Waals surface area contributed by atoms with E-state index in [1.54, 1.807) is 0 Å². The van der Waals surface area contributed by atoms with Crippen molar-refractivity contribution in [1.82, 2.24) is 0 Å². The van der Waals surface area contributed by atoms with Crippen molar-refractivity contribution >= 4 is 17.3 Å². The van der Waals surface area contributed by atoms with Crippen molar-refractivity contribution in [1.29, 1.82) is 0 Å². The van der Waals surface area contributed by atoms with Crippen LogP contribution in [0.4, 0.5) is 0 Å². The molecule has 0 saturated heterocycles. The van der Waals surface area contributed by atoms with E-state index in [9.17, 15) is 0 Å². The van der Waals surface area contributed by atoms with E-state index >= 15 is 0 Å². The van der Waals surface area contributed by atoms with Gasteiger partial charge in [-0.1, -0.05) is 35.0 Å². The summed E-state index contributed by atoms with van der Waals surface area (Å²) in [6.45, 7) is 0.444. The van der Waals surface area contributed by atoms with Gasteiger partial charge in [0.2, 0.25) is 0 Å². The zero-order valence-corrected chi connectivity index (χ0v) is 12.3. The van der Waals surface area contributed by atoms with Gasteiger partial charge in [-0.15, -0.1) is 0 Å². The molecular formula is C17H16ClNO2. The molecule has 2 aromatic rings. The van der Waals surface area contributed by atoms with Crippen LogP contribution in [-0.2, 0) is 13.0 Å². The van der Waals surface area contributed by atoms with Gasteiger partial charge in [0.05, 0.1) is 5.71 Å². The molecule has 0 atom stereocenters. The summed E-state index contributed by atoms with van der Waals surface area (Å²) in [5.74, 6) is 0.813. The molecule has 0 bridgehead atoms. The van der Waals surface area contributed by atoms with Crippen molar-refractivity contribution in [2.24, 2.45) is 5.16 Å².